The molecule has 2 rings (SSSR count). The number of fused-ring (bicyclic) bond motifs is 1. The van der Waals surface area contributed by atoms with E-state index in [9.17, 15) is 8.42 Å². The lowest BCUT2D eigenvalue weighted by molar-refractivity contribution is 0.584. The van der Waals surface area contributed by atoms with E-state index in [1.807, 2.05) is 24.3 Å². The second-order valence-corrected chi connectivity index (χ2v) is 5.92. The molecule has 0 aliphatic carbocycles. The summed E-state index contributed by atoms with van der Waals surface area (Å²) in [6.45, 7) is 2.43. The van der Waals surface area contributed by atoms with Crippen molar-refractivity contribution < 1.29 is 8.42 Å². The maximum atomic E-state index is 11.2. The molecule has 1 aromatic heterocycles. The van der Waals surface area contributed by atoms with Crippen molar-refractivity contribution in [2.45, 2.75) is 6.92 Å². The lowest BCUT2D eigenvalue weighted by atomic mass is 10.3. The van der Waals surface area contributed by atoms with Crippen LogP contribution in [0.15, 0.2) is 24.3 Å². The van der Waals surface area contributed by atoms with E-state index in [0.717, 1.165) is 11.0 Å². The third kappa shape index (κ3) is 3.21. The number of sulfonamides is 1. The molecule has 0 bridgehead atoms. The second-order valence-electron chi connectivity index (χ2n) is 3.83. The van der Waals surface area contributed by atoms with Crippen molar-refractivity contribution in [2.24, 2.45) is 0 Å². The summed E-state index contributed by atoms with van der Waals surface area (Å²) in [6, 6.07) is 7.70. The van der Waals surface area contributed by atoms with Gasteiger partial charge in [0.05, 0.1) is 16.8 Å². The SMILES string of the molecule is CCS(=O)(=O)NCCNc1nc2ccccc2[nH]1. The predicted molar refractivity (Wildman–Crippen MR) is 72.0 cm³/mol. The molecule has 0 aliphatic heterocycles. The monoisotopic (exact) mass is 268 g/mol. The zero-order valence-electron chi connectivity index (χ0n) is 10.1. The minimum atomic E-state index is -3.12. The third-order valence-corrected chi connectivity index (χ3v) is 3.91. The average molecular weight is 268 g/mol. The fourth-order valence-corrected chi connectivity index (χ4v) is 2.14. The molecule has 0 fully saturated rings. The number of rotatable bonds is 6. The van der Waals surface area contributed by atoms with Crippen molar-refractivity contribution in [1.82, 2.24) is 14.7 Å². The summed E-state index contributed by atoms with van der Waals surface area (Å²) in [4.78, 5) is 7.43. The summed E-state index contributed by atoms with van der Waals surface area (Å²) >= 11 is 0. The summed E-state index contributed by atoms with van der Waals surface area (Å²) in [6.07, 6.45) is 0. The van der Waals surface area contributed by atoms with Crippen molar-refractivity contribution in [1.29, 1.82) is 0 Å². The molecule has 7 heteroatoms. The van der Waals surface area contributed by atoms with Gasteiger partial charge in [0, 0.05) is 13.1 Å². The number of nitrogens with one attached hydrogen (secondary N) is 3. The number of nitrogens with zero attached hydrogens (tertiary/aromatic N) is 1. The topological polar surface area (TPSA) is 86.9 Å². The maximum Gasteiger partial charge on any atom is 0.211 e. The van der Waals surface area contributed by atoms with E-state index in [1.54, 1.807) is 6.92 Å². The number of anilines is 1. The van der Waals surface area contributed by atoms with Crippen LogP contribution in [0.2, 0.25) is 0 Å². The van der Waals surface area contributed by atoms with Gasteiger partial charge in [0.1, 0.15) is 0 Å². The summed E-state index contributed by atoms with van der Waals surface area (Å²) in [7, 11) is -3.12. The van der Waals surface area contributed by atoms with Crippen LogP contribution >= 0.6 is 0 Å². The van der Waals surface area contributed by atoms with Crippen LogP contribution in [0.1, 0.15) is 6.92 Å². The van der Waals surface area contributed by atoms with Crippen LogP contribution < -0.4 is 10.0 Å². The Kier molecular flexibility index (Phi) is 3.83. The minimum absolute atomic E-state index is 0.0949. The van der Waals surface area contributed by atoms with Gasteiger partial charge in [-0.25, -0.2) is 18.1 Å². The Morgan fingerprint density at radius 3 is 2.78 bits per heavy atom. The van der Waals surface area contributed by atoms with E-state index in [2.05, 4.69) is 20.0 Å². The molecule has 0 aliphatic rings. The van der Waals surface area contributed by atoms with Crippen LogP contribution in [-0.2, 0) is 10.0 Å². The first kappa shape index (κ1) is 12.8. The molecule has 6 nitrogen and oxygen atoms in total. The van der Waals surface area contributed by atoms with Crippen molar-refractivity contribution >= 4 is 27.0 Å². The molecule has 1 aromatic carbocycles. The first-order chi connectivity index (χ1) is 8.61. The lowest BCUT2D eigenvalue weighted by Crippen LogP contribution is -2.30. The van der Waals surface area contributed by atoms with Crippen LogP contribution in [0.25, 0.3) is 11.0 Å². The number of para-hydroxylation sites is 2. The number of aromatic amines is 1. The molecule has 0 radical (unpaired) electrons. The average Bonchev–Trinajstić information content (AvgIpc) is 2.77. The molecule has 0 spiro atoms. The molecule has 0 amide bonds. The summed E-state index contributed by atoms with van der Waals surface area (Å²) in [5, 5.41) is 3.04. The van der Waals surface area contributed by atoms with Gasteiger partial charge in [0.15, 0.2) is 0 Å². The molecule has 1 heterocycles. The molecule has 0 atom stereocenters. The largest absolute Gasteiger partial charge is 0.354 e. The Hall–Kier alpha value is -1.60. The zero-order valence-corrected chi connectivity index (χ0v) is 10.9. The van der Waals surface area contributed by atoms with E-state index in [4.69, 9.17) is 0 Å². The number of H-pyrrole nitrogens is 1. The van der Waals surface area contributed by atoms with Crippen LogP contribution in [0.5, 0.6) is 0 Å². The van der Waals surface area contributed by atoms with Crippen molar-refractivity contribution in [2.75, 3.05) is 24.2 Å². The van der Waals surface area contributed by atoms with Gasteiger partial charge in [-0.1, -0.05) is 12.1 Å². The Labute approximate surface area is 106 Å². The van der Waals surface area contributed by atoms with Crippen LogP contribution in [-0.4, -0.2) is 37.2 Å². The van der Waals surface area contributed by atoms with Crippen LogP contribution in [0.3, 0.4) is 0 Å². The normalized spacial score (nSPS) is 11.8. The van der Waals surface area contributed by atoms with E-state index < -0.39 is 10.0 Å². The molecule has 2 aromatic rings. The molecule has 18 heavy (non-hydrogen) atoms. The third-order valence-electron chi connectivity index (χ3n) is 2.51. The molecular formula is C11H16N4O2S. The van der Waals surface area contributed by atoms with Crippen molar-refractivity contribution in [3.63, 3.8) is 0 Å². The molecule has 3 N–H and O–H groups in total. The predicted octanol–water partition coefficient (Wildman–Crippen LogP) is 0.914. The van der Waals surface area contributed by atoms with Gasteiger partial charge in [-0.05, 0) is 19.1 Å². The minimum Gasteiger partial charge on any atom is -0.354 e. The lowest BCUT2D eigenvalue weighted by Gasteiger charge is -2.04. The summed E-state index contributed by atoms with van der Waals surface area (Å²) in [5.41, 5.74) is 1.84. The Bertz CT molecular complexity index is 588. The van der Waals surface area contributed by atoms with Gasteiger partial charge < -0.3 is 10.3 Å². The first-order valence-electron chi connectivity index (χ1n) is 5.76. The quantitative estimate of drug-likeness (QED) is 0.680. The smallest absolute Gasteiger partial charge is 0.211 e. The number of benzene rings is 1. The number of aromatic nitrogens is 2. The van der Waals surface area contributed by atoms with Gasteiger partial charge in [-0.3, -0.25) is 0 Å². The van der Waals surface area contributed by atoms with E-state index in [-0.39, 0.29) is 5.75 Å². The fraction of sp³-hybridized carbons (Fsp3) is 0.364. The number of imidazole rings is 1. The van der Waals surface area contributed by atoms with Gasteiger partial charge in [0.25, 0.3) is 0 Å². The zero-order chi connectivity index (χ0) is 13.0. The van der Waals surface area contributed by atoms with Gasteiger partial charge in [-0.15, -0.1) is 0 Å². The second kappa shape index (κ2) is 5.36. The van der Waals surface area contributed by atoms with Crippen LogP contribution in [0.4, 0.5) is 5.95 Å². The Morgan fingerprint density at radius 1 is 1.28 bits per heavy atom. The molecular weight excluding hydrogens is 252 g/mol. The highest BCUT2D eigenvalue weighted by Gasteiger charge is 2.05. The highest BCUT2D eigenvalue weighted by molar-refractivity contribution is 7.89. The standard InChI is InChI=1S/C11H16N4O2S/c1-2-18(16,17)13-8-7-12-11-14-9-5-3-4-6-10(9)15-11/h3-6,13H,2,7-8H2,1H3,(H2,12,14,15). The number of hydrogen-bond acceptors (Lipinski definition) is 4. The fourth-order valence-electron chi connectivity index (χ4n) is 1.53. The number of hydrogen-bond donors (Lipinski definition) is 3. The van der Waals surface area contributed by atoms with E-state index >= 15 is 0 Å². The molecule has 0 saturated carbocycles. The highest BCUT2D eigenvalue weighted by atomic mass is 32.2. The first-order valence-corrected chi connectivity index (χ1v) is 7.42. The molecule has 0 saturated heterocycles. The van der Waals surface area contributed by atoms with Gasteiger partial charge in [0.2, 0.25) is 16.0 Å². The maximum absolute atomic E-state index is 11.2. The summed E-state index contributed by atoms with van der Waals surface area (Å²) in [5.74, 6) is 0.740. The highest BCUT2D eigenvalue weighted by Crippen LogP contribution is 2.12. The summed E-state index contributed by atoms with van der Waals surface area (Å²) < 4.78 is 24.9. The van der Waals surface area contributed by atoms with Gasteiger partial charge in [-0.2, -0.15) is 0 Å². The van der Waals surface area contributed by atoms with Crippen molar-refractivity contribution in [3.8, 4) is 0 Å². The van der Waals surface area contributed by atoms with Crippen LogP contribution in [0, 0.1) is 0 Å². The Balaban J connectivity index is 1.87. The molecule has 98 valence electrons. The Morgan fingerprint density at radius 2 is 2.06 bits per heavy atom. The van der Waals surface area contributed by atoms with Gasteiger partial charge >= 0.3 is 0 Å². The molecule has 0 unspecified atom stereocenters. The van der Waals surface area contributed by atoms with E-state index in [0.29, 0.717) is 19.0 Å². The van der Waals surface area contributed by atoms with E-state index in [1.165, 1.54) is 0 Å². The van der Waals surface area contributed by atoms with Crippen molar-refractivity contribution in [3.05, 3.63) is 24.3 Å².